The van der Waals surface area contributed by atoms with E-state index in [4.69, 9.17) is 27.9 Å². The smallest absolute Gasteiger partial charge is 0.0815 e. The third-order valence-corrected chi connectivity index (χ3v) is 4.91. The van der Waals surface area contributed by atoms with Crippen molar-refractivity contribution in [3.63, 3.8) is 0 Å². The lowest BCUT2D eigenvalue weighted by atomic mass is 9.94. The van der Waals surface area contributed by atoms with Crippen LogP contribution in [0.25, 0.3) is 0 Å². The van der Waals surface area contributed by atoms with Gasteiger partial charge in [-0.1, -0.05) is 23.2 Å². The number of rotatable bonds is 3. The minimum Gasteiger partial charge on any atom is -0.388 e. The normalized spacial score (nSPS) is 24.6. The van der Waals surface area contributed by atoms with Crippen LogP contribution in [0.5, 0.6) is 0 Å². The molecule has 0 amide bonds. The summed E-state index contributed by atoms with van der Waals surface area (Å²) in [6.07, 6.45) is 3.35. The van der Waals surface area contributed by atoms with E-state index in [0.717, 1.165) is 17.9 Å². The van der Waals surface area contributed by atoms with E-state index >= 15 is 0 Å². The summed E-state index contributed by atoms with van der Waals surface area (Å²) in [5.41, 5.74) is 1.72. The maximum absolute atomic E-state index is 10.5. The van der Waals surface area contributed by atoms with E-state index in [2.05, 4.69) is 5.32 Å². The van der Waals surface area contributed by atoms with Crippen molar-refractivity contribution in [3.8, 4) is 0 Å². The summed E-state index contributed by atoms with van der Waals surface area (Å²) in [7, 11) is 0. The highest BCUT2D eigenvalue weighted by molar-refractivity contribution is 6.35. The second-order valence-electron chi connectivity index (χ2n) is 5.76. The van der Waals surface area contributed by atoms with Gasteiger partial charge in [-0.2, -0.15) is 0 Å². The molecule has 3 rings (SSSR count). The Morgan fingerprint density at radius 3 is 2.80 bits per heavy atom. The van der Waals surface area contributed by atoms with Gasteiger partial charge < -0.3 is 15.2 Å². The van der Waals surface area contributed by atoms with Crippen LogP contribution < -0.4 is 5.32 Å². The molecular formula is C15H19Cl2NO2. The van der Waals surface area contributed by atoms with Crippen LogP contribution in [-0.4, -0.2) is 30.5 Å². The van der Waals surface area contributed by atoms with Crippen molar-refractivity contribution in [3.05, 3.63) is 33.3 Å². The lowest BCUT2D eigenvalue weighted by molar-refractivity contribution is -0.0628. The van der Waals surface area contributed by atoms with Crippen molar-refractivity contribution in [1.29, 1.82) is 0 Å². The molecular weight excluding hydrogens is 297 g/mol. The van der Waals surface area contributed by atoms with Gasteiger partial charge in [0.25, 0.3) is 0 Å². The first-order valence-corrected chi connectivity index (χ1v) is 7.84. The quantitative estimate of drug-likeness (QED) is 0.900. The molecule has 110 valence electrons. The van der Waals surface area contributed by atoms with Crippen LogP contribution in [0.15, 0.2) is 12.1 Å². The van der Waals surface area contributed by atoms with Crippen LogP contribution in [0, 0.1) is 0 Å². The van der Waals surface area contributed by atoms with E-state index in [1.165, 1.54) is 11.1 Å². The zero-order valence-electron chi connectivity index (χ0n) is 11.3. The number of halogens is 2. The van der Waals surface area contributed by atoms with Gasteiger partial charge in [0.1, 0.15) is 0 Å². The average Bonchev–Trinajstić information content (AvgIpc) is 2.81. The second-order valence-corrected chi connectivity index (χ2v) is 6.61. The third-order valence-electron chi connectivity index (χ3n) is 4.35. The Balaban J connectivity index is 1.69. The van der Waals surface area contributed by atoms with E-state index in [0.29, 0.717) is 37.6 Å². The highest BCUT2D eigenvalue weighted by atomic mass is 35.5. The molecule has 1 atom stereocenters. The number of hydrogen-bond acceptors (Lipinski definition) is 3. The molecule has 1 fully saturated rings. The van der Waals surface area contributed by atoms with Crippen LogP contribution in [0.3, 0.4) is 0 Å². The number of hydrogen-bond donors (Lipinski definition) is 2. The minimum absolute atomic E-state index is 0.230. The molecule has 1 unspecified atom stereocenters. The predicted octanol–water partition coefficient (Wildman–Crippen LogP) is 3.11. The molecule has 5 heteroatoms. The summed E-state index contributed by atoms with van der Waals surface area (Å²) >= 11 is 12.3. The zero-order chi connectivity index (χ0) is 14.2. The molecule has 3 nitrogen and oxygen atoms in total. The van der Waals surface area contributed by atoms with Gasteiger partial charge in [0.15, 0.2) is 0 Å². The van der Waals surface area contributed by atoms with Gasteiger partial charge in [0, 0.05) is 48.7 Å². The molecule has 1 aromatic carbocycles. The van der Waals surface area contributed by atoms with E-state index in [1.807, 2.05) is 6.07 Å². The zero-order valence-corrected chi connectivity index (χ0v) is 12.8. The molecule has 0 radical (unpaired) electrons. The van der Waals surface area contributed by atoms with Crippen LogP contribution >= 0.6 is 23.2 Å². The Labute approximate surface area is 129 Å². The molecule has 1 aromatic rings. The minimum atomic E-state index is -0.649. The maximum Gasteiger partial charge on any atom is 0.0815 e. The van der Waals surface area contributed by atoms with Crippen LogP contribution in [-0.2, 0) is 11.2 Å². The topological polar surface area (TPSA) is 41.5 Å². The van der Waals surface area contributed by atoms with Crippen molar-refractivity contribution in [1.82, 2.24) is 5.32 Å². The lowest BCUT2D eigenvalue weighted by Crippen LogP contribution is -2.45. The van der Waals surface area contributed by atoms with Crippen molar-refractivity contribution in [2.45, 2.75) is 37.3 Å². The molecule has 0 saturated carbocycles. The number of ether oxygens (including phenoxy) is 1. The van der Waals surface area contributed by atoms with Gasteiger partial charge in [0.2, 0.25) is 0 Å². The summed E-state index contributed by atoms with van der Waals surface area (Å²) in [6.45, 7) is 1.86. The largest absolute Gasteiger partial charge is 0.388 e. The highest BCUT2D eigenvalue weighted by Gasteiger charge is 2.32. The van der Waals surface area contributed by atoms with Crippen LogP contribution in [0.1, 0.15) is 36.4 Å². The van der Waals surface area contributed by atoms with Crippen molar-refractivity contribution in [2.24, 2.45) is 0 Å². The summed E-state index contributed by atoms with van der Waals surface area (Å²) in [6, 6.07) is 4.02. The summed E-state index contributed by atoms with van der Waals surface area (Å²) in [5.74, 6) is 0. The fourth-order valence-electron chi connectivity index (χ4n) is 3.10. The van der Waals surface area contributed by atoms with Crippen molar-refractivity contribution < 1.29 is 9.84 Å². The summed E-state index contributed by atoms with van der Waals surface area (Å²) < 4.78 is 5.30. The number of nitrogens with one attached hydrogen (secondary N) is 1. The molecule has 0 bridgehead atoms. The first-order valence-electron chi connectivity index (χ1n) is 7.09. The first kappa shape index (κ1) is 14.6. The SMILES string of the molecule is OC1(CNC2CCc3c(Cl)cc(Cl)cc32)CCOCC1. The second kappa shape index (κ2) is 5.82. The van der Waals surface area contributed by atoms with Crippen LogP contribution in [0.4, 0.5) is 0 Å². The number of aliphatic hydroxyl groups is 1. The predicted molar refractivity (Wildman–Crippen MR) is 80.5 cm³/mol. The van der Waals surface area contributed by atoms with Gasteiger partial charge in [-0.05, 0) is 36.1 Å². The Kier molecular flexibility index (Phi) is 4.25. The van der Waals surface area contributed by atoms with Gasteiger partial charge in [-0.15, -0.1) is 0 Å². The molecule has 1 aliphatic heterocycles. The molecule has 1 heterocycles. The van der Waals surface area contributed by atoms with E-state index in [-0.39, 0.29) is 6.04 Å². The molecule has 0 spiro atoms. The van der Waals surface area contributed by atoms with Crippen LogP contribution in [0.2, 0.25) is 10.0 Å². The molecule has 1 aliphatic carbocycles. The van der Waals surface area contributed by atoms with Gasteiger partial charge in [0.05, 0.1) is 5.60 Å². The standard InChI is InChI=1S/C15H19Cl2NO2/c16-10-7-12-11(13(17)8-10)1-2-14(12)18-9-15(19)3-5-20-6-4-15/h7-8,14,18-19H,1-6,9H2. The number of benzene rings is 1. The highest BCUT2D eigenvalue weighted by Crippen LogP contribution is 2.38. The summed E-state index contributed by atoms with van der Waals surface area (Å²) in [5, 5.41) is 15.4. The molecule has 1 saturated heterocycles. The summed E-state index contributed by atoms with van der Waals surface area (Å²) in [4.78, 5) is 0. The molecule has 2 N–H and O–H groups in total. The Hall–Kier alpha value is -0.320. The van der Waals surface area contributed by atoms with Gasteiger partial charge in [-0.25, -0.2) is 0 Å². The maximum atomic E-state index is 10.5. The Bertz CT molecular complexity index is 501. The van der Waals surface area contributed by atoms with Gasteiger partial charge >= 0.3 is 0 Å². The first-order chi connectivity index (χ1) is 9.57. The van der Waals surface area contributed by atoms with Crippen molar-refractivity contribution in [2.75, 3.05) is 19.8 Å². The Morgan fingerprint density at radius 1 is 1.30 bits per heavy atom. The molecule has 20 heavy (non-hydrogen) atoms. The average molecular weight is 316 g/mol. The molecule has 0 aromatic heterocycles. The lowest BCUT2D eigenvalue weighted by Gasteiger charge is -2.33. The fourth-order valence-corrected chi connectivity index (χ4v) is 3.70. The third kappa shape index (κ3) is 2.97. The molecule has 2 aliphatic rings. The van der Waals surface area contributed by atoms with E-state index in [9.17, 15) is 5.11 Å². The Morgan fingerprint density at radius 2 is 2.05 bits per heavy atom. The van der Waals surface area contributed by atoms with E-state index in [1.54, 1.807) is 6.07 Å². The fraction of sp³-hybridized carbons (Fsp3) is 0.600. The van der Waals surface area contributed by atoms with Crippen molar-refractivity contribution >= 4 is 23.2 Å². The number of fused-ring (bicyclic) bond motifs is 1. The van der Waals surface area contributed by atoms with E-state index < -0.39 is 5.60 Å². The van der Waals surface area contributed by atoms with Gasteiger partial charge in [-0.3, -0.25) is 0 Å². The monoisotopic (exact) mass is 315 g/mol.